The third kappa shape index (κ3) is 2.96. The average molecular weight is 301 g/mol. The molecule has 2 atom stereocenters. The first-order valence-electron chi connectivity index (χ1n) is 7.29. The van der Waals surface area contributed by atoms with E-state index in [1.165, 1.54) is 6.20 Å². The van der Waals surface area contributed by atoms with Gasteiger partial charge in [-0.25, -0.2) is 4.98 Å². The maximum Gasteiger partial charge on any atom is 0.289 e. The first kappa shape index (κ1) is 14.6. The van der Waals surface area contributed by atoms with Crippen molar-refractivity contribution in [2.24, 2.45) is 0 Å². The number of nitrogens with zero attached hydrogens (tertiary/aromatic N) is 2. The summed E-state index contributed by atoms with van der Waals surface area (Å²) >= 11 is 0. The number of nitrogens with one attached hydrogen (secondary N) is 1. The van der Waals surface area contributed by atoms with E-state index in [2.05, 4.69) is 9.97 Å². The molecule has 6 nitrogen and oxygen atoms in total. The number of carbonyl (C=O) groups excluding carboxylic acids is 1. The highest BCUT2D eigenvalue weighted by atomic mass is 16.5. The van der Waals surface area contributed by atoms with E-state index in [-0.39, 0.29) is 18.6 Å². The van der Waals surface area contributed by atoms with E-state index in [4.69, 9.17) is 4.74 Å². The number of β-amino-alcohol motifs (C(OH)–C–C–N with tert-alkyl or cyclic N) is 1. The molecule has 1 aromatic heterocycles. The lowest BCUT2D eigenvalue weighted by molar-refractivity contribution is -0.0900. The highest BCUT2D eigenvalue weighted by Gasteiger charge is 2.41. The van der Waals surface area contributed by atoms with Crippen molar-refractivity contribution in [1.82, 2.24) is 14.9 Å². The van der Waals surface area contributed by atoms with Gasteiger partial charge >= 0.3 is 0 Å². The molecule has 0 unspecified atom stereocenters. The molecular formula is C16H19N3O3. The van der Waals surface area contributed by atoms with Crippen LogP contribution in [0.15, 0.2) is 42.7 Å². The van der Waals surface area contributed by atoms with Gasteiger partial charge in [-0.1, -0.05) is 18.2 Å². The number of likely N-dealkylation sites (tertiary alicyclic amines) is 1. The largest absolute Gasteiger partial charge is 0.487 e. The van der Waals surface area contributed by atoms with Crippen molar-refractivity contribution in [1.29, 1.82) is 0 Å². The van der Waals surface area contributed by atoms with Gasteiger partial charge in [0.1, 0.15) is 17.5 Å². The molecule has 2 N–H and O–H groups in total. The minimum atomic E-state index is -1.11. The monoisotopic (exact) mass is 301 g/mol. The Morgan fingerprint density at radius 3 is 2.86 bits per heavy atom. The van der Waals surface area contributed by atoms with Gasteiger partial charge < -0.3 is 19.7 Å². The van der Waals surface area contributed by atoms with Gasteiger partial charge in [0.15, 0.2) is 5.82 Å². The summed E-state index contributed by atoms with van der Waals surface area (Å²) in [5, 5.41) is 10.7. The lowest BCUT2D eigenvalue weighted by Crippen LogP contribution is -2.58. The topological polar surface area (TPSA) is 78.5 Å². The Labute approximate surface area is 128 Å². The van der Waals surface area contributed by atoms with Gasteiger partial charge in [0.25, 0.3) is 5.91 Å². The molecule has 1 fully saturated rings. The number of para-hydroxylation sites is 1. The van der Waals surface area contributed by atoms with E-state index in [0.717, 1.165) is 5.75 Å². The maximum absolute atomic E-state index is 12.3. The number of hydrogen-bond donors (Lipinski definition) is 2. The van der Waals surface area contributed by atoms with Crippen molar-refractivity contribution in [3.05, 3.63) is 48.5 Å². The summed E-state index contributed by atoms with van der Waals surface area (Å²) < 4.78 is 5.88. The van der Waals surface area contributed by atoms with E-state index in [9.17, 15) is 9.90 Å². The van der Waals surface area contributed by atoms with Crippen molar-refractivity contribution < 1.29 is 14.6 Å². The number of aliphatic hydroxyl groups is 1. The molecule has 2 aromatic rings. The Hall–Kier alpha value is -2.34. The Morgan fingerprint density at radius 2 is 2.23 bits per heavy atom. The van der Waals surface area contributed by atoms with Crippen LogP contribution in [0.3, 0.4) is 0 Å². The molecule has 1 aliphatic heterocycles. The van der Waals surface area contributed by atoms with Crippen molar-refractivity contribution in [2.45, 2.75) is 25.0 Å². The molecule has 6 heteroatoms. The van der Waals surface area contributed by atoms with Crippen LogP contribution in [0, 0.1) is 0 Å². The zero-order chi connectivity index (χ0) is 15.6. The SMILES string of the molecule is C[C@]1(O)CN(C(=O)c2ncc[nH]2)CC[C@@H]1Oc1ccccc1. The third-order valence-electron chi connectivity index (χ3n) is 3.88. The first-order valence-corrected chi connectivity index (χ1v) is 7.29. The molecule has 0 spiro atoms. The van der Waals surface area contributed by atoms with Gasteiger partial charge in [-0.2, -0.15) is 0 Å². The van der Waals surface area contributed by atoms with Crippen molar-refractivity contribution in [2.75, 3.05) is 13.1 Å². The number of rotatable bonds is 3. The van der Waals surface area contributed by atoms with Crippen LogP contribution < -0.4 is 4.74 Å². The standard InChI is InChI=1S/C16H19N3O3/c1-16(21)11-19(15(20)14-17-8-9-18-14)10-7-13(16)22-12-5-3-2-4-6-12/h2-6,8-9,13,21H,7,10-11H2,1H3,(H,17,18)/t13-,16-/m0/s1. The third-order valence-corrected chi connectivity index (χ3v) is 3.88. The molecule has 0 aliphatic carbocycles. The normalized spacial score (nSPS) is 25.0. The fourth-order valence-corrected chi connectivity index (χ4v) is 2.71. The van der Waals surface area contributed by atoms with Crippen LogP contribution in [0.2, 0.25) is 0 Å². The number of hydrogen-bond acceptors (Lipinski definition) is 4. The molecule has 0 saturated carbocycles. The smallest absolute Gasteiger partial charge is 0.289 e. The van der Waals surface area contributed by atoms with Crippen LogP contribution in [0.1, 0.15) is 24.0 Å². The number of piperidine rings is 1. The highest BCUT2D eigenvalue weighted by molar-refractivity contribution is 5.90. The zero-order valence-corrected chi connectivity index (χ0v) is 12.4. The minimum absolute atomic E-state index is 0.205. The van der Waals surface area contributed by atoms with Crippen LogP contribution in [-0.4, -0.2) is 50.7 Å². The summed E-state index contributed by atoms with van der Waals surface area (Å²) in [6.07, 6.45) is 3.36. The minimum Gasteiger partial charge on any atom is -0.487 e. The molecule has 2 heterocycles. The maximum atomic E-state index is 12.3. The highest BCUT2D eigenvalue weighted by Crippen LogP contribution is 2.26. The number of H-pyrrole nitrogens is 1. The van der Waals surface area contributed by atoms with E-state index in [1.54, 1.807) is 18.0 Å². The number of amides is 1. The molecular weight excluding hydrogens is 282 g/mol. The Morgan fingerprint density at radius 1 is 1.45 bits per heavy atom. The number of ether oxygens (including phenoxy) is 1. The number of imidazole rings is 1. The number of benzene rings is 1. The fraction of sp³-hybridized carbons (Fsp3) is 0.375. The number of aromatic nitrogens is 2. The molecule has 116 valence electrons. The van der Waals surface area contributed by atoms with E-state index >= 15 is 0 Å². The Balaban J connectivity index is 1.68. The van der Waals surface area contributed by atoms with Gasteiger partial charge in [-0.15, -0.1) is 0 Å². The molecule has 0 bridgehead atoms. The predicted octanol–water partition coefficient (Wildman–Crippen LogP) is 1.45. The van der Waals surface area contributed by atoms with Gasteiger partial charge in [-0.3, -0.25) is 4.79 Å². The van der Waals surface area contributed by atoms with Crippen LogP contribution in [0.4, 0.5) is 0 Å². The van der Waals surface area contributed by atoms with E-state index in [0.29, 0.717) is 18.8 Å². The summed E-state index contributed by atoms with van der Waals surface area (Å²) in [6.45, 7) is 2.43. The second-order valence-electron chi connectivity index (χ2n) is 5.73. The van der Waals surface area contributed by atoms with Gasteiger partial charge in [0, 0.05) is 25.4 Å². The number of carbonyl (C=O) groups is 1. The van der Waals surface area contributed by atoms with Gasteiger partial charge in [-0.05, 0) is 19.1 Å². The summed E-state index contributed by atoms with van der Waals surface area (Å²) in [5.74, 6) is 0.806. The van der Waals surface area contributed by atoms with E-state index in [1.807, 2.05) is 30.3 Å². The first-order chi connectivity index (χ1) is 10.6. The Bertz CT molecular complexity index is 625. The van der Waals surface area contributed by atoms with Gasteiger partial charge in [0.2, 0.25) is 0 Å². The zero-order valence-electron chi connectivity index (χ0n) is 12.4. The molecule has 1 saturated heterocycles. The molecule has 1 aliphatic rings. The summed E-state index contributed by atoms with van der Waals surface area (Å²) in [5.41, 5.74) is -1.11. The van der Waals surface area contributed by atoms with Crippen molar-refractivity contribution in [3.8, 4) is 5.75 Å². The average Bonchev–Trinajstić information content (AvgIpc) is 3.03. The van der Waals surface area contributed by atoms with E-state index < -0.39 is 5.60 Å². The summed E-state index contributed by atoms with van der Waals surface area (Å²) in [6, 6.07) is 9.40. The fourth-order valence-electron chi connectivity index (χ4n) is 2.71. The van der Waals surface area contributed by atoms with Crippen molar-refractivity contribution in [3.63, 3.8) is 0 Å². The lowest BCUT2D eigenvalue weighted by atomic mass is 9.91. The summed E-state index contributed by atoms with van der Waals surface area (Å²) in [7, 11) is 0. The lowest BCUT2D eigenvalue weighted by Gasteiger charge is -2.42. The van der Waals surface area contributed by atoms with Crippen molar-refractivity contribution >= 4 is 5.91 Å². The van der Waals surface area contributed by atoms with Crippen LogP contribution in [-0.2, 0) is 0 Å². The molecule has 1 aromatic carbocycles. The molecule has 3 rings (SSSR count). The second kappa shape index (κ2) is 5.81. The number of aromatic amines is 1. The van der Waals surface area contributed by atoms with Crippen LogP contribution in [0.5, 0.6) is 5.75 Å². The Kier molecular flexibility index (Phi) is 3.85. The second-order valence-corrected chi connectivity index (χ2v) is 5.73. The van der Waals surface area contributed by atoms with Crippen LogP contribution >= 0.6 is 0 Å². The summed E-state index contributed by atoms with van der Waals surface area (Å²) in [4.78, 5) is 20.7. The molecule has 0 radical (unpaired) electrons. The molecule has 1 amide bonds. The van der Waals surface area contributed by atoms with Crippen LogP contribution in [0.25, 0.3) is 0 Å². The molecule has 22 heavy (non-hydrogen) atoms. The predicted molar refractivity (Wildman–Crippen MR) is 80.6 cm³/mol. The quantitative estimate of drug-likeness (QED) is 0.899. The van der Waals surface area contributed by atoms with Gasteiger partial charge in [0.05, 0.1) is 6.54 Å².